The number of benzene rings is 1. The Balaban J connectivity index is 2.86. The number of rotatable bonds is 5. The normalized spacial score (nSPS) is 13.7. The van der Waals surface area contributed by atoms with E-state index < -0.39 is 16.6 Å². The van der Waals surface area contributed by atoms with E-state index in [9.17, 15) is 19.3 Å². The van der Waals surface area contributed by atoms with Gasteiger partial charge in [-0.3, -0.25) is 14.9 Å². The molecule has 5 nitrogen and oxygen atoms in total. The zero-order chi connectivity index (χ0) is 14.6. The second-order valence-electron chi connectivity index (χ2n) is 4.31. The summed E-state index contributed by atoms with van der Waals surface area (Å²) >= 11 is 3.30. The highest BCUT2D eigenvalue weighted by atomic mass is 79.9. The van der Waals surface area contributed by atoms with Crippen LogP contribution in [0.25, 0.3) is 0 Å². The van der Waals surface area contributed by atoms with Gasteiger partial charge in [0.05, 0.1) is 16.6 Å². The van der Waals surface area contributed by atoms with E-state index in [-0.39, 0.29) is 23.2 Å². The van der Waals surface area contributed by atoms with E-state index in [2.05, 4.69) is 21.2 Å². The lowest BCUT2D eigenvalue weighted by Gasteiger charge is -2.19. The van der Waals surface area contributed by atoms with E-state index in [1.165, 1.54) is 0 Å². The maximum atomic E-state index is 13.6. The number of hydrogen-bond donors (Lipinski definition) is 1. The summed E-state index contributed by atoms with van der Waals surface area (Å²) < 4.78 is 13.6. The number of carbonyl (C=O) groups is 1. The number of halogens is 2. The molecule has 0 fully saturated rings. The summed E-state index contributed by atoms with van der Waals surface area (Å²) in [6, 6.07) is 2.83. The van der Waals surface area contributed by atoms with Crippen LogP contribution in [0.5, 0.6) is 0 Å². The minimum atomic E-state index is -0.898. The second-order valence-corrected chi connectivity index (χ2v) is 4.96. The first-order valence-corrected chi connectivity index (χ1v) is 6.79. The summed E-state index contributed by atoms with van der Waals surface area (Å²) in [4.78, 5) is 21.6. The molecule has 1 aromatic rings. The summed E-state index contributed by atoms with van der Waals surface area (Å²) in [5, 5.41) is 13.8. The predicted molar refractivity (Wildman–Crippen MR) is 72.9 cm³/mol. The molecule has 0 aliphatic rings. The van der Waals surface area contributed by atoms with E-state index >= 15 is 0 Å². The molecule has 0 aromatic heterocycles. The number of non-ortho nitro benzene ring substituents is 1. The van der Waals surface area contributed by atoms with Gasteiger partial charge in [-0.15, -0.1) is 0 Å². The maximum absolute atomic E-state index is 13.6. The van der Waals surface area contributed by atoms with Crippen LogP contribution in [-0.4, -0.2) is 22.2 Å². The van der Waals surface area contributed by atoms with Gasteiger partial charge in [0.25, 0.3) is 11.6 Å². The molecule has 2 atom stereocenters. The molecule has 0 radical (unpaired) electrons. The van der Waals surface area contributed by atoms with Crippen LogP contribution in [0.3, 0.4) is 0 Å². The molecule has 0 aliphatic heterocycles. The Morgan fingerprint density at radius 1 is 1.53 bits per heavy atom. The van der Waals surface area contributed by atoms with Gasteiger partial charge in [-0.25, -0.2) is 4.39 Å². The molecule has 0 heterocycles. The standard InChI is InChI=1S/C12H14BrFN2O3/c1-7(6-13)8(2)15-12(17)10-4-3-9(16(18)19)5-11(10)14/h3-5,7-8H,6H2,1-2H3,(H,15,17). The summed E-state index contributed by atoms with van der Waals surface area (Å²) in [5.41, 5.74) is -0.574. The molecule has 7 heteroatoms. The third-order valence-electron chi connectivity index (χ3n) is 2.86. The minimum absolute atomic E-state index is 0.138. The second kappa shape index (κ2) is 6.60. The highest BCUT2D eigenvalue weighted by Gasteiger charge is 2.19. The summed E-state index contributed by atoms with van der Waals surface area (Å²) in [6.45, 7) is 3.75. The Morgan fingerprint density at radius 3 is 2.63 bits per heavy atom. The Bertz CT molecular complexity index is 496. The van der Waals surface area contributed by atoms with Crippen molar-refractivity contribution < 1.29 is 14.1 Å². The lowest BCUT2D eigenvalue weighted by molar-refractivity contribution is -0.385. The minimum Gasteiger partial charge on any atom is -0.349 e. The van der Waals surface area contributed by atoms with Crippen molar-refractivity contribution in [3.05, 3.63) is 39.7 Å². The van der Waals surface area contributed by atoms with E-state index in [1.807, 2.05) is 13.8 Å². The third kappa shape index (κ3) is 3.99. The molecule has 1 rings (SSSR count). The van der Waals surface area contributed by atoms with Crippen molar-refractivity contribution >= 4 is 27.5 Å². The maximum Gasteiger partial charge on any atom is 0.272 e. The number of amides is 1. The summed E-state index contributed by atoms with van der Waals surface area (Å²) in [5.74, 6) is -1.29. The van der Waals surface area contributed by atoms with Crippen LogP contribution in [-0.2, 0) is 0 Å². The average molecular weight is 333 g/mol. The van der Waals surface area contributed by atoms with Crippen LogP contribution in [0.2, 0.25) is 0 Å². The first-order chi connectivity index (χ1) is 8.86. The van der Waals surface area contributed by atoms with E-state index in [0.717, 1.165) is 18.2 Å². The SMILES string of the molecule is CC(CBr)C(C)NC(=O)c1ccc([N+](=O)[O-])cc1F. The Morgan fingerprint density at radius 2 is 2.16 bits per heavy atom. The Kier molecular flexibility index (Phi) is 5.41. The van der Waals surface area contributed by atoms with Crippen molar-refractivity contribution in [1.82, 2.24) is 5.32 Å². The molecule has 1 amide bonds. The molecule has 104 valence electrons. The van der Waals surface area contributed by atoms with Gasteiger partial charge in [0.15, 0.2) is 0 Å². The number of nitro groups is 1. The summed E-state index contributed by atoms with van der Waals surface area (Å²) in [7, 11) is 0. The smallest absolute Gasteiger partial charge is 0.272 e. The number of alkyl halides is 1. The zero-order valence-electron chi connectivity index (χ0n) is 10.5. The van der Waals surface area contributed by atoms with Crippen LogP contribution in [0.1, 0.15) is 24.2 Å². The number of hydrogen-bond acceptors (Lipinski definition) is 3. The third-order valence-corrected chi connectivity index (χ3v) is 3.89. The fourth-order valence-corrected chi connectivity index (χ4v) is 1.92. The first kappa shape index (κ1) is 15.6. The van der Waals surface area contributed by atoms with E-state index in [0.29, 0.717) is 5.33 Å². The zero-order valence-corrected chi connectivity index (χ0v) is 12.1. The van der Waals surface area contributed by atoms with Gasteiger partial charge >= 0.3 is 0 Å². The predicted octanol–water partition coefficient (Wildman–Crippen LogP) is 2.88. The van der Waals surface area contributed by atoms with Gasteiger partial charge in [0, 0.05) is 17.4 Å². The fourth-order valence-electron chi connectivity index (χ4n) is 1.36. The molecule has 0 aliphatic carbocycles. The van der Waals surface area contributed by atoms with Crippen molar-refractivity contribution in [3.63, 3.8) is 0 Å². The first-order valence-electron chi connectivity index (χ1n) is 5.67. The van der Waals surface area contributed by atoms with Gasteiger partial charge in [-0.1, -0.05) is 22.9 Å². The van der Waals surface area contributed by atoms with Crippen molar-refractivity contribution in [1.29, 1.82) is 0 Å². The van der Waals surface area contributed by atoms with Gasteiger partial charge in [-0.2, -0.15) is 0 Å². The van der Waals surface area contributed by atoms with Crippen LogP contribution in [0.4, 0.5) is 10.1 Å². The van der Waals surface area contributed by atoms with Crippen molar-refractivity contribution in [2.75, 3.05) is 5.33 Å². The van der Waals surface area contributed by atoms with Gasteiger partial charge in [0.2, 0.25) is 0 Å². The molecule has 1 aromatic carbocycles. The topological polar surface area (TPSA) is 72.2 Å². The quantitative estimate of drug-likeness (QED) is 0.512. The van der Waals surface area contributed by atoms with Crippen LogP contribution >= 0.6 is 15.9 Å². The van der Waals surface area contributed by atoms with Crippen LogP contribution < -0.4 is 5.32 Å². The summed E-state index contributed by atoms with van der Waals surface area (Å²) in [6.07, 6.45) is 0. The van der Waals surface area contributed by atoms with Crippen molar-refractivity contribution in [2.45, 2.75) is 19.9 Å². The van der Waals surface area contributed by atoms with E-state index in [4.69, 9.17) is 0 Å². The lowest BCUT2D eigenvalue weighted by atomic mass is 10.1. The highest BCUT2D eigenvalue weighted by molar-refractivity contribution is 9.09. The Labute approximate surface area is 118 Å². The number of nitrogens with one attached hydrogen (secondary N) is 1. The van der Waals surface area contributed by atoms with Crippen molar-refractivity contribution in [2.24, 2.45) is 5.92 Å². The van der Waals surface area contributed by atoms with Gasteiger partial charge < -0.3 is 5.32 Å². The Hall–Kier alpha value is -1.50. The van der Waals surface area contributed by atoms with Crippen LogP contribution in [0, 0.1) is 21.8 Å². The van der Waals surface area contributed by atoms with Crippen LogP contribution in [0.15, 0.2) is 18.2 Å². The molecule has 1 N–H and O–H groups in total. The van der Waals surface area contributed by atoms with Gasteiger partial charge in [-0.05, 0) is 18.9 Å². The molecule has 19 heavy (non-hydrogen) atoms. The van der Waals surface area contributed by atoms with Gasteiger partial charge in [0.1, 0.15) is 5.82 Å². The fraction of sp³-hybridized carbons (Fsp3) is 0.417. The highest BCUT2D eigenvalue weighted by Crippen LogP contribution is 2.17. The lowest BCUT2D eigenvalue weighted by Crippen LogP contribution is -2.38. The number of nitrogens with zero attached hydrogens (tertiary/aromatic N) is 1. The van der Waals surface area contributed by atoms with Crippen molar-refractivity contribution in [3.8, 4) is 0 Å². The molecule has 2 unspecified atom stereocenters. The molecule has 0 saturated heterocycles. The number of nitro benzene ring substituents is 1. The molecule has 0 bridgehead atoms. The monoisotopic (exact) mass is 332 g/mol. The average Bonchev–Trinajstić information content (AvgIpc) is 2.37. The molecular formula is C12H14BrFN2O3. The largest absolute Gasteiger partial charge is 0.349 e. The molecule has 0 saturated carbocycles. The van der Waals surface area contributed by atoms with E-state index in [1.54, 1.807) is 0 Å². The molecular weight excluding hydrogens is 319 g/mol. The molecule has 0 spiro atoms. The number of carbonyl (C=O) groups excluding carboxylic acids is 1.